The van der Waals surface area contributed by atoms with Gasteiger partial charge in [-0.05, 0) is 37.8 Å². The molecule has 1 aromatic carbocycles. The van der Waals surface area contributed by atoms with E-state index in [9.17, 15) is 15.0 Å². The first-order chi connectivity index (χ1) is 9.15. The maximum atomic E-state index is 12.5. The zero-order chi connectivity index (χ0) is 13.8. The number of hydrogen-bond acceptors (Lipinski definition) is 3. The second-order valence-electron chi connectivity index (χ2n) is 5.11. The topological polar surface area (TPSA) is 60.8 Å². The Labute approximate surface area is 113 Å². The molecule has 0 bridgehead atoms. The molecule has 1 aliphatic heterocycles. The van der Waals surface area contributed by atoms with Crippen molar-refractivity contribution in [2.45, 2.75) is 45.1 Å². The van der Waals surface area contributed by atoms with Gasteiger partial charge in [-0.25, -0.2) is 0 Å². The van der Waals surface area contributed by atoms with E-state index in [1.165, 1.54) is 18.2 Å². The fourth-order valence-corrected chi connectivity index (χ4v) is 2.79. The number of hydrogen-bond donors (Lipinski definition) is 2. The van der Waals surface area contributed by atoms with Crippen molar-refractivity contribution in [2.75, 3.05) is 6.54 Å². The molecule has 2 N–H and O–H groups in total. The van der Waals surface area contributed by atoms with Crippen molar-refractivity contribution in [1.82, 2.24) is 4.90 Å². The summed E-state index contributed by atoms with van der Waals surface area (Å²) >= 11 is 0. The summed E-state index contributed by atoms with van der Waals surface area (Å²) in [7, 11) is 0. The van der Waals surface area contributed by atoms with Crippen LogP contribution < -0.4 is 0 Å². The van der Waals surface area contributed by atoms with Crippen molar-refractivity contribution in [2.24, 2.45) is 0 Å². The molecule has 2 rings (SSSR count). The van der Waals surface area contributed by atoms with E-state index >= 15 is 0 Å². The highest BCUT2D eigenvalue weighted by molar-refractivity contribution is 5.99. The molecule has 0 saturated carbocycles. The summed E-state index contributed by atoms with van der Waals surface area (Å²) in [6.07, 6.45) is 5.14. The van der Waals surface area contributed by atoms with Crippen LogP contribution in [0.5, 0.6) is 11.5 Å². The van der Waals surface area contributed by atoms with Gasteiger partial charge in [0.05, 0.1) is 0 Å². The van der Waals surface area contributed by atoms with Gasteiger partial charge in [0.1, 0.15) is 17.1 Å². The van der Waals surface area contributed by atoms with Crippen molar-refractivity contribution in [3.8, 4) is 11.5 Å². The highest BCUT2D eigenvalue weighted by Gasteiger charge is 2.29. The Balaban J connectivity index is 2.26. The predicted molar refractivity (Wildman–Crippen MR) is 73.4 cm³/mol. The second-order valence-corrected chi connectivity index (χ2v) is 5.11. The third kappa shape index (κ3) is 2.83. The van der Waals surface area contributed by atoms with Crippen LogP contribution in [0, 0.1) is 0 Å². The van der Waals surface area contributed by atoms with Crippen molar-refractivity contribution in [3.05, 3.63) is 23.8 Å². The first-order valence-electron chi connectivity index (χ1n) is 6.97. The summed E-state index contributed by atoms with van der Waals surface area (Å²) in [5.74, 6) is -0.551. The van der Waals surface area contributed by atoms with Crippen LogP contribution >= 0.6 is 0 Å². The van der Waals surface area contributed by atoms with Crippen molar-refractivity contribution in [1.29, 1.82) is 0 Å². The number of benzene rings is 1. The fourth-order valence-electron chi connectivity index (χ4n) is 2.79. The normalized spacial score (nSPS) is 19.4. The van der Waals surface area contributed by atoms with Crippen LogP contribution in [0.1, 0.15) is 49.4 Å². The van der Waals surface area contributed by atoms with Crippen LogP contribution in [0.3, 0.4) is 0 Å². The third-order valence-corrected chi connectivity index (χ3v) is 3.74. The maximum Gasteiger partial charge on any atom is 0.261 e. The average molecular weight is 263 g/mol. The van der Waals surface area contributed by atoms with Crippen molar-refractivity contribution >= 4 is 5.91 Å². The molecule has 0 spiro atoms. The lowest BCUT2D eigenvalue weighted by Crippen LogP contribution is -2.43. The number of rotatable bonds is 3. The van der Waals surface area contributed by atoms with Gasteiger partial charge in [-0.2, -0.15) is 0 Å². The maximum absolute atomic E-state index is 12.5. The van der Waals surface area contributed by atoms with E-state index in [0.717, 1.165) is 32.1 Å². The van der Waals surface area contributed by atoms with Crippen LogP contribution in [0.15, 0.2) is 18.2 Å². The summed E-state index contributed by atoms with van der Waals surface area (Å²) in [6, 6.07) is 4.63. The van der Waals surface area contributed by atoms with Gasteiger partial charge in [0.25, 0.3) is 5.91 Å². The molecule has 4 heteroatoms. The molecule has 1 fully saturated rings. The van der Waals surface area contributed by atoms with E-state index in [0.29, 0.717) is 6.54 Å². The monoisotopic (exact) mass is 263 g/mol. The van der Waals surface area contributed by atoms with Crippen LogP contribution in [-0.4, -0.2) is 33.6 Å². The third-order valence-electron chi connectivity index (χ3n) is 3.74. The number of aromatic hydroxyl groups is 2. The number of phenols is 2. The number of carbonyl (C=O) groups is 1. The SMILES string of the molecule is CCCC1CCCCN1C(=O)c1c(O)cccc1O. The Bertz CT molecular complexity index is 436. The zero-order valence-electron chi connectivity index (χ0n) is 11.3. The van der Waals surface area contributed by atoms with Crippen molar-refractivity contribution < 1.29 is 15.0 Å². The number of carbonyl (C=O) groups excluding carboxylic acids is 1. The summed E-state index contributed by atoms with van der Waals surface area (Å²) < 4.78 is 0. The summed E-state index contributed by atoms with van der Waals surface area (Å²) in [4.78, 5) is 14.3. The Morgan fingerprint density at radius 1 is 1.32 bits per heavy atom. The van der Waals surface area contributed by atoms with E-state index in [4.69, 9.17) is 0 Å². The number of nitrogens with zero attached hydrogens (tertiary/aromatic N) is 1. The molecule has 1 aromatic rings. The molecular formula is C15H21NO3. The largest absolute Gasteiger partial charge is 0.507 e. The molecule has 0 radical (unpaired) electrons. The molecule has 19 heavy (non-hydrogen) atoms. The zero-order valence-corrected chi connectivity index (χ0v) is 11.3. The molecule has 1 unspecified atom stereocenters. The van der Waals surface area contributed by atoms with Gasteiger partial charge in [-0.3, -0.25) is 4.79 Å². The highest BCUT2D eigenvalue weighted by Crippen LogP contribution is 2.31. The van der Waals surface area contributed by atoms with Gasteiger partial charge < -0.3 is 15.1 Å². The van der Waals surface area contributed by atoms with Crippen LogP contribution in [0.4, 0.5) is 0 Å². The number of amides is 1. The minimum Gasteiger partial charge on any atom is -0.507 e. The smallest absolute Gasteiger partial charge is 0.261 e. The summed E-state index contributed by atoms with van der Waals surface area (Å²) in [6.45, 7) is 2.81. The Morgan fingerprint density at radius 2 is 2.00 bits per heavy atom. The van der Waals surface area contributed by atoms with E-state index in [-0.39, 0.29) is 29.0 Å². The lowest BCUT2D eigenvalue weighted by molar-refractivity contribution is 0.0594. The molecule has 0 aliphatic carbocycles. The number of likely N-dealkylation sites (tertiary alicyclic amines) is 1. The fraction of sp³-hybridized carbons (Fsp3) is 0.533. The molecule has 1 amide bonds. The van der Waals surface area contributed by atoms with Gasteiger partial charge in [-0.1, -0.05) is 19.4 Å². The van der Waals surface area contributed by atoms with Crippen molar-refractivity contribution in [3.63, 3.8) is 0 Å². The van der Waals surface area contributed by atoms with E-state index in [1.54, 1.807) is 0 Å². The highest BCUT2D eigenvalue weighted by atomic mass is 16.3. The van der Waals surface area contributed by atoms with E-state index < -0.39 is 0 Å². The lowest BCUT2D eigenvalue weighted by Gasteiger charge is -2.36. The molecule has 104 valence electrons. The van der Waals surface area contributed by atoms with E-state index in [2.05, 4.69) is 6.92 Å². The van der Waals surface area contributed by atoms with Crippen LogP contribution in [0.25, 0.3) is 0 Å². The molecular weight excluding hydrogens is 242 g/mol. The minimum absolute atomic E-state index is 0.0329. The first kappa shape index (κ1) is 13.7. The Morgan fingerprint density at radius 3 is 2.63 bits per heavy atom. The van der Waals surface area contributed by atoms with Crippen LogP contribution in [-0.2, 0) is 0 Å². The van der Waals surface area contributed by atoms with Gasteiger partial charge >= 0.3 is 0 Å². The molecule has 1 atom stereocenters. The molecule has 1 aliphatic rings. The summed E-state index contributed by atoms with van der Waals surface area (Å²) in [5, 5.41) is 19.6. The van der Waals surface area contributed by atoms with Gasteiger partial charge in [0.2, 0.25) is 0 Å². The van der Waals surface area contributed by atoms with Gasteiger partial charge in [0.15, 0.2) is 0 Å². The quantitative estimate of drug-likeness (QED) is 0.881. The lowest BCUT2D eigenvalue weighted by atomic mass is 9.97. The number of piperidine rings is 1. The second kappa shape index (κ2) is 5.95. The van der Waals surface area contributed by atoms with E-state index in [1.807, 2.05) is 4.90 Å². The standard InChI is InChI=1S/C15H21NO3/c1-2-6-11-7-3-4-10-16(11)15(19)14-12(17)8-5-9-13(14)18/h5,8-9,11,17-18H,2-4,6-7,10H2,1H3. The molecule has 1 heterocycles. The predicted octanol–water partition coefficient (Wildman–Crippen LogP) is 2.89. The first-order valence-corrected chi connectivity index (χ1v) is 6.97. The average Bonchev–Trinajstić information content (AvgIpc) is 2.39. The molecule has 0 aromatic heterocycles. The number of phenolic OH excluding ortho intramolecular Hbond substituents is 2. The molecule has 4 nitrogen and oxygen atoms in total. The Hall–Kier alpha value is -1.71. The minimum atomic E-state index is -0.256. The summed E-state index contributed by atoms with van der Waals surface area (Å²) in [5.41, 5.74) is 0.0329. The molecule has 1 saturated heterocycles. The Kier molecular flexibility index (Phi) is 4.30. The van der Waals surface area contributed by atoms with Gasteiger partial charge in [-0.15, -0.1) is 0 Å². The van der Waals surface area contributed by atoms with Crippen LogP contribution in [0.2, 0.25) is 0 Å². The van der Waals surface area contributed by atoms with Gasteiger partial charge in [0, 0.05) is 12.6 Å².